The van der Waals surface area contributed by atoms with Gasteiger partial charge in [-0.05, 0) is 30.7 Å². The zero-order valence-electron chi connectivity index (χ0n) is 12.0. The Morgan fingerprint density at radius 1 is 1.29 bits per heavy atom. The van der Waals surface area contributed by atoms with E-state index in [4.69, 9.17) is 7.85 Å². The second-order valence-corrected chi connectivity index (χ2v) is 6.05. The van der Waals surface area contributed by atoms with E-state index in [1.165, 1.54) is 15.5 Å². The summed E-state index contributed by atoms with van der Waals surface area (Å²) in [6, 6.07) is 12.5. The molecular formula is C18H16BNS. The van der Waals surface area contributed by atoms with Crippen molar-refractivity contribution in [3.05, 3.63) is 60.8 Å². The first-order valence-corrected chi connectivity index (χ1v) is 7.84. The zero-order chi connectivity index (χ0) is 14.8. The van der Waals surface area contributed by atoms with E-state index in [0.29, 0.717) is 0 Å². The molecule has 0 bridgehead atoms. The highest BCUT2D eigenvalue weighted by atomic mass is 32.1. The van der Waals surface area contributed by atoms with Gasteiger partial charge in [-0.3, -0.25) is 0 Å². The quantitative estimate of drug-likeness (QED) is 0.540. The van der Waals surface area contributed by atoms with Crippen LogP contribution in [0.5, 0.6) is 0 Å². The lowest BCUT2D eigenvalue weighted by molar-refractivity contribution is 1.22. The third-order valence-corrected chi connectivity index (χ3v) is 4.60. The average molecular weight is 289 g/mol. The Labute approximate surface area is 130 Å². The van der Waals surface area contributed by atoms with Gasteiger partial charge in [0.05, 0.1) is 0 Å². The molecule has 2 aromatic carbocycles. The molecule has 0 atom stereocenters. The molecule has 1 N–H and O–H groups in total. The van der Waals surface area contributed by atoms with Gasteiger partial charge in [-0.25, -0.2) is 0 Å². The molecule has 1 nitrogen and oxygen atoms in total. The normalized spacial score (nSPS) is 11.5. The molecule has 2 radical (unpaired) electrons. The number of thiophene rings is 1. The number of allylic oxidation sites excluding steroid dienone is 2. The smallest absolute Gasteiger partial charge is 0.115 e. The summed E-state index contributed by atoms with van der Waals surface area (Å²) in [5.41, 5.74) is 2.66. The van der Waals surface area contributed by atoms with E-state index in [1.54, 1.807) is 11.3 Å². The van der Waals surface area contributed by atoms with Gasteiger partial charge in [-0.2, -0.15) is 0 Å². The van der Waals surface area contributed by atoms with Crippen molar-refractivity contribution in [2.45, 2.75) is 13.3 Å². The van der Waals surface area contributed by atoms with E-state index in [1.807, 2.05) is 12.1 Å². The van der Waals surface area contributed by atoms with Crippen molar-refractivity contribution in [2.75, 3.05) is 5.32 Å². The molecule has 3 heteroatoms. The SMILES string of the molecule is [B]c1cc(NC(=C)/C=C\CC)cc2c1sc1ccccc12. The molecule has 3 aromatic rings. The summed E-state index contributed by atoms with van der Waals surface area (Å²) in [6.07, 6.45) is 5.07. The van der Waals surface area contributed by atoms with Crippen LogP contribution in [0, 0.1) is 0 Å². The van der Waals surface area contributed by atoms with Crippen LogP contribution < -0.4 is 10.8 Å². The molecule has 0 aliphatic rings. The Bertz CT molecular complexity index is 845. The zero-order valence-corrected chi connectivity index (χ0v) is 12.8. The van der Waals surface area contributed by atoms with E-state index in [0.717, 1.165) is 28.0 Å². The van der Waals surface area contributed by atoms with Crippen LogP contribution in [0.25, 0.3) is 20.2 Å². The maximum absolute atomic E-state index is 6.22. The number of anilines is 1. The van der Waals surface area contributed by atoms with Crippen LogP contribution in [0.4, 0.5) is 5.69 Å². The molecular weight excluding hydrogens is 273 g/mol. The van der Waals surface area contributed by atoms with Crippen molar-refractivity contribution in [1.82, 2.24) is 0 Å². The molecule has 1 heterocycles. The largest absolute Gasteiger partial charge is 0.356 e. The summed E-state index contributed by atoms with van der Waals surface area (Å²) >= 11 is 1.74. The molecule has 0 amide bonds. The lowest BCUT2D eigenvalue weighted by Gasteiger charge is -2.08. The Morgan fingerprint density at radius 3 is 2.90 bits per heavy atom. The van der Waals surface area contributed by atoms with Crippen molar-refractivity contribution >= 4 is 50.5 Å². The second kappa shape index (κ2) is 5.78. The van der Waals surface area contributed by atoms with Crippen LogP contribution in [0.1, 0.15) is 13.3 Å². The molecule has 102 valence electrons. The first-order valence-electron chi connectivity index (χ1n) is 7.02. The Morgan fingerprint density at radius 2 is 2.10 bits per heavy atom. The maximum atomic E-state index is 6.22. The molecule has 3 rings (SSSR count). The molecule has 0 fully saturated rings. The van der Waals surface area contributed by atoms with Crippen LogP contribution >= 0.6 is 11.3 Å². The third-order valence-electron chi connectivity index (χ3n) is 3.37. The van der Waals surface area contributed by atoms with E-state index >= 15 is 0 Å². The number of nitrogens with one attached hydrogen (secondary N) is 1. The van der Waals surface area contributed by atoms with Gasteiger partial charge >= 0.3 is 0 Å². The van der Waals surface area contributed by atoms with Gasteiger partial charge < -0.3 is 5.32 Å². The Balaban J connectivity index is 2.07. The first-order chi connectivity index (χ1) is 10.2. The van der Waals surface area contributed by atoms with Crippen LogP contribution in [-0.2, 0) is 0 Å². The van der Waals surface area contributed by atoms with Crippen LogP contribution in [0.3, 0.4) is 0 Å². The molecule has 0 spiro atoms. The maximum Gasteiger partial charge on any atom is 0.115 e. The molecule has 0 aliphatic heterocycles. The minimum absolute atomic E-state index is 0.809. The monoisotopic (exact) mass is 289 g/mol. The summed E-state index contributed by atoms with van der Waals surface area (Å²) in [7, 11) is 6.22. The predicted octanol–water partition coefficient (Wildman–Crippen LogP) is 4.74. The molecule has 1 aromatic heterocycles. The van der Waals surface area contributed by atoms with Gasteiger partial charge in [0.1, 0.15) is 7.85 Å². The summed E-state index contributed by atoms with van der Waals surface area (Å²) in [5.74, 6) is 0. The topological polar surface area (TPSA) is 12.0 Å². The summed E-state index contributed by atoms with van der Waals surface area (Å²) < 4.78 is 2.41. The predicted molar refractivity (Wildman–Crippen MR) is 96.9 cm³/mol. The summed E-state index contributed by atoms with van der Waals surface area (Å²) in [5, 5.41) is 5.76. The van der Waals surface area contributed by atoms with E-state index in [9.17, 15) is 0 Å². The molecule has 0 aliphatic carbocycles. The molecule has 0 saturated heterocycles. The summed E-state index contributed by atoms with van der Waals surface area (Å²) in [6.45, 7) is 6.11. The van der Waals surface area contributed by atoms with Crippen LogP contribution in [0.2, 0.25) is 0 Å². The fraction of sp³-hybridized carbons (Fsp3) is 0.111. The molecule has 21 heavy (non-hydrogen) atoms. The number of benzene rings is 2. The number of hydrogen-bond donors (Lipinski definition) is 1. The minimum Gasteiger partial charge on any atom is -0.356 e. The number of hydrogen-bond acceptors (Lipinski definition) is 2. The average Bonchev–Trinajstić information content (AvgIpc) is 2.85. The Kier molecular flexibility index (Phi) is 3.85. The highest BCUT2D eigenvalue weighted by Gasteiger charge is 2.08. The lowest BCUT2D eigenvalue weighted by atomic mass is 9.93. The van der Waals surface area contributed by atoms with Gasteiger partial charge in [0.25, 0.3) is 0 Å². The fourth-order valence-electron chi connectivity index (χ4n) is 2.41. The van der Waals surface area contributed by atoms with Crippen molar-refractivity contribution in [3.8, 4) is 0 Å². The molecule has 0 saturated carbocycles. The summed E-state index contributed by atoms with van der Waals surface area (Å²) in [4.78, 5) is 0. The van der Waals surface area contributed by atoms with Crippen molar-refractivity contribution in [3.63, 3.8) is 0 Å². The molecule has 0 unspecified atom stereocenters. The van der Waals surface area contributed by atoms with E-state index < -0.39 is 0 Å². The van der Waals surface area contributed by atoms with Gasteiger partial charge in [0.2, 0.25) is 0 Å². The minimum atomic E-state index is 0.809. The highest BCUT2D eigenvalue weighted by Crippen LogP contribution is 2.34. The lowest BCUT2D eigenvalue weighted by Crippen LogP contribution is -2.05. The third kappa shape index (κ3) is 2.74. The first kappa shape index (κ1) is 14.0. The number of fused-ring (bicyclic) bond motifs is 3. The van der Waals surface area contributed by atoms with E-state index in [2.05, 4.69) is 55.2 Å². The van der Waals surface area contributed by atoms with Gasteiger partial charge in [0.15, 0.2) is 0 Å². The second-order valence-electron chi connectivity index (χ2n) is 5.00. The number of rotatable bonds is 4. The van der Waals surface area contributed by atoms with Gasteiger partial charge in [-0.1, -0.05) is 43.2 Å². The van der Waals surface area contributed by atoms with Crippen molar-refractivity contribution in [1.29, 1.82) is 0 Å². The van der Waals surface area contributed by atoms with E-state index in [-0.39, 0.29) is 0 Å². The van der Waals surface area contributed by atoms with Crippen molar-refractivity contribution in [2.24, 2.45) is 0 Å². The Hall–Kier alpha value is -2.00. The van der Waals surface area contributed by atoms with Gasteiger partial charge in [0, 0.05) is 31.6 Å². The van der Waals surface area contributed by atoms with Gasteiger partial charge in [-0.15, -0.1) is 11.3 Å². The van der Waals surface area contributed by atoms with Crippen LogP contribution in [0.15, 0.2) is 60.8 Å². The standard InChI is InChI=1S/C18H16BNS/c1-3-4-7-12(2)20-13-10-15-14-8-5-6-9-17(14)21-18(15)16(19)11-13/h4-11,20H,2-3H2,1H3/b7-4-. The fourth-order valence-corrected chi connectivity index (χ4v) is 3.52. The highest BCUT2D eigenvalue weighted by molar-refractivity contribution is 7.26. The van der Waals surface area contributed by atoms with Crippen molar-refractivity contribution < 1.29 is 0 Å². The van der Waals surface area contributed by atoms with Crippen LogP contribution in [-0.4, -0.2) is 7.85 Å².